The lowest BCUT2D eigenvalue weighted by Crippen LogP contribution is -2.09. The van der Waals surface area contributed by atoms with E-state index in [0.717, 1.165) is 152 Å². The van der Waals surface area contributed by atoms with Crippen LogP contribution in [0.5, 0.6) is 5.75 Å². The zero-order valence-electron chi connectivity index (χ0n) is 60.9. The molecule has 2 aliphatic rings. The Morgan fingerprint density at radius 2 is 0.588 bits per heavy atom. The van der Waals surface area contributed by atoms with Crippen LogP contribution in [0.1, 0.15) is 319 Å². The molecule has 0 radical (unpaired) electrons. The zero-order chi connectivity index (χ0) is 68.0. The highest BCUT2D eigenvalue weighted by Gasteiger charge is 2.30. The van der Waals surface area contributed by atoms with Crippen LogP contribution < -0.4 is 4.74 Å². The maximum atomic E-state index is 6.58. The van der Waals surface area contributed by atoms with Gasteiger partial charge in [0, 0.05) is 43.8 Å². The molecule has 9 rings (SSSR count). The summed E-state index contributed by atoms with van der Waals surface area (Å²) in [6.07, 6.45) is 51.5. The molecule has 8 bridgehead atoms. The molecule has 0 fully saturated rings. The highest BCUT2D eigenvalue weighted by molar-refractivity contribution is 7.64. The Labute approximate surface area is 600 Å². The summed E-state index contributed by atoms with van der Waals surface area (Å²) in [7, 11) is 0. The van der Waals surface area contributed by atoms with Crippen LogP contribution in [0.25, 0.3) is 89.7 Å². The van der Waals surface area contributed by atoms with Gasteiger partial charge in [0.2, 0.25) is 0 Å². The first kappa shape index (κ1) is 76.3. The van der Waals surface area contributed by atoms with Gasteiger partial charge in [-0.3, -0.25) is 0 Å². The molecule has 0 aliphatic carbocycles. The van der Waals surface area contributed by atoms with Crippen molar-refractivity contribution >= 4 is 83.4 Å². The molecule has 0 saturated heterocycles. The maximum absolute atomic E-state index is 6.58. The van der Waals surface area contributed by atoms with Crippen molar-refractivity contribution in [2.24, 2.45) is 0 Å². The second-order valence-electron chi connectivity index (χ2n) is 28.7. The highest BCUT2D eigenvalue weighted by atomic mass is 35.8. The third kappa shape index (κ3) is 22.3. The number of aromatic amines is 2. The van der Waals surface area contributed by atoms with Crippen LogP contribution in [0.3, 0.4) is 0 Å². The molecule has 0 amide bonds. The molecule has 5 heterocycles. The van der Waals surface area contributed by atoms with Gasteiger partial charge < -0.3 is 14.7 Å². The van der Waals surface area contributed by atoms with Crippen LogP contribution in [0.2, 0.25) is 6.04 Å². The number of fused-ring (bicyclic) bond motifs is 20. The van der Waals surface area contributed by atoms with Gasteiger partial charge in [0.25, 0.3) is 0 Å². The molecule has 97 heavy (non-hydrogen) atoms. The Morgan fingerprint density at radius 3 is 0.928 bits per heavy atom. The average molecular weight is 1390 g/mol. The number of rotatable bonds is 48. The molecule has 3 aromatic heterocycles. The summed E-state index contributed by atoms with van der Waals surface area (Å²) in [5.41, 5.74) is 15.5. The van der Waals surface area contributed by atoms with Crippen LogP contribution in [0.4, 0.5) is 0 Å². The highest BCUT2D eigenvalue weighted by Crippen LogP contribution is 2.45. The first-order valence-electron chi connectivity index (χ1n) is 39.7. The van der Waals surface area contributed by atoms with Crippen molar-refractivity contribution in [3.8, 4) is 51.3 Å². The molecule has 13 heteroatoms. The van der Waals surface area contributed by atoms with E-state index >= 15 is 0 Å². The predicted molar refractivity (Wildman–Crippen MR) is 421 cm³/mol. The van der Waals surface area contributed by atoms with Crippen molar-refractivity contribution in [3.63, 3.8) is 0 Å². The lowest BCUT2D eigenvalue weighted by atomic mass is 9.91. The van der Waals surface area contributed by atoms with Gasteiger partial charge in [-0.15, -0.1) is 33.2 Å². The summed E-state index contributed by atoms with van der Waals surface area (Å²) in [6.45, 7) is 14.4. The minimum absolute atomic E-state index is 0.506. The fraction of sp³-hybridized carbons (Fsp3) is 0.619. The number of hydrogen-bond donors (Lipinski definition) is 2. The number of unbranched alkanes of at least 4 members (excludes halogenated alkanes) is 31. The van der Waals surface area contributed by atoms with E-state index in [1.54, 1.807) is 0 Å². The Kier molecular flexibility index (Phi) is 32.4. The normalized spacial score (nSPS) is 12.2. The molecule has 0 saturated carbocycles. The lowest BCUT2D eigenvalue weighted by molar-refractivity contribution is 0.310. The number of halogens is 3. The second-order valence-corrected chi connectivity index (χ2v) is 38.0. The molecule has 2 aliphatic heterocycles. The standard InChI is InChI=1S/C84H121Cl3N8OSi/c1-7-13-19-25-31-37-45-62-51-53-64(47-39-33-27-21-15-9-3)73-71(62)79-89-77-69-58-57-68(96-59-43-44-60-97(85,86)87)61-70(69)78(88-77)90-80-72-63(46-38-32-26-20-14-8-2)52-54-65(48-40-34-28-22-16-10-4)74(72)82(92-80)94-84-76-67(50-42-36-30-24-18-12-6)56-55-66(49-41-35-29-23-17-11-5)75(76)83(95-84)93-81(73)91-79/h51-58,61H,7-50,59-60H2,1-6H3,(H2,88,89,90,91,92,93,94,95). The topological polar surface area (TPSA) is 118 Å². The summed E-state index contributed by atoms with van der Waals surface area (Å²) in [5.74, 6) is 3.63. The fourth-order valence-electron chi connectivity index (χ4n) is 15.1. The molecular weight excluding hydrogens is 1270 g/mol. The summed E-state index contributed by atoms with van der Waals surface area (Å²) < 4.78 is 6.58. The van der Waals surface area contributed by atoms with Gasteiger partial charge in [-0.05, 0) is 148 Å². The van der Waals surface area contributed by atoms with E-state index < -0.39 is 6.00 Å². The number of nitrogens with one attached hydrogen (secondary N) is 2. The van der Waals surface area contributed by atoms with Crippen molar-refractivity contribution in [2.45, 2.75) is 330 Å². The Bertz CT molecular complexity index is 3720. The SMILES string of the molecule is CCCCCCCCc1ccc(CCCCCCCC)c2c1-c1nc-2nc2[nH]c(nc3nc(nc4[nH]c(n1)c1ccc(OCCCC[Si](Cl)(Cl)Cl)cc41)-c1c(CCCCCCCC)ccc(CCCCCCCC)c1-3)c1c(CCCCCCCC)ccc(CCCCCCCC)c21. The van der Waals surface area contributed by atoms with Crippen LogP contribution >= 0.6 is 33.2 Å². The van der Waals surface area contributed by atoms with E-state index in [-0.39, 0.29) is 0 Å². The number of aromatic nitrogens is 8. The Balaban J connectivity index is 1.36. The van der Waals surface area contributed by atoms with E-state index in [2.05, 4.69) is 106 Å². The minimum atomic E-state index is -2.74. The van der Waals surface area contributed by atoms with Gasteiger partial charge in [0.1, 0.15) is 28.3 Å². The van der Waals surface area contributed by atoms with Gasteiger partial charge in [-0.1, -0.05) is 271 Å². The summed E-state index contributed by atoms with van der Waals surface area (Å²) in [5, 5.41) is 4.24. The van der Waals surface area contributed by atoms with Gasteiger partial charge in [-0.2, -0.15) is 0 Å². The molecule has 0 unspecified atom stereocenters. The molecule has 528 valence electrons. The fourth-order valence-corrected chi connectivity index (χ4v) is 16.9. The van der Waals surface area contributed by atoms with Gasteiger partial charge in [-0.25, -0.2) is 29.9 Å². The van der Waals surface area contributed by atoms with E-state index in [1.165, 1.54) is 237 Å². The molecular formula is C84H121Cl3N8OSi. The van der Waals surface area contributed by atoms with Crippen molar-refractivity contribution in [1.29, 1.82) is 0 Å². The smallest absolute Gasteiger partial charge is 0.341 e. The van der Waals surface area contributed by atoms with E-state index in [0.29, 0.717) is 35.6 Å². The summed E-state index contributed by atoms with van der Waals surface area (Å²) in [4.78, 5) is 43.2. The Morgan fingerprint density at radius 1 is 0.299 bits per heavy atom. The van der Waals surface area contributed by atoms with Crippen LogP contribution in [-0.4, -0.2) is 52.5 Å². The average Bonchev–Trinajstić information content (AvgIpc) is 1.58. The summed E-state index contributed by atoms with van der Waals surface area (Å²) in [6, 6.07) is 18.8. The monoisotopic (exact) mass is 1390 g/mol. The van der Waals surface area contributed by atoms with E-state index in [9.17, 15) is 0 Å². The molecule has 0 spiro atoms. The van der Waals surface area contributed by atoms with Crippen LogP contribution in [0.15, 0.2) is 54.6 Å². The molecule has 7 aromatic rings. The van der Waals surface area contributed by atoms with Gasteiger partial charge in [0.15, 0.2) is 23.3 Å². The van der Waals surface area contributed by atoms with Crippen molar-refractivity contribution in [1.82, 2.24) is 39.9 Å². The van der Waals surface area contributed by atoms with Crippen molar-refractivity contribution < 1.29 is 4.74 Å². The Hall–Kier alpha value is -4.87. The summed E-state index contributed by atoms with van der Waals surface area (Å²) >= 11 is 19.0. The largest absolute Gasteiger partial charge is 0.494 e. The number of hydrogen-bond acceptors (Lipinski definition) is 7. The zero-order valence-corrected chi connectivity index (χ0v) is 64.2. The number of ether oxygens (including phenoxy) is 1. The van der Waals surface area contributed by atoms with E-state index in [1.807, 2.05) is 0 Å². The lowest BCUT2D eigenvalue weighted by Gasteiger charge is -2.13. The van der Waals surface area contributed by atoms with Gasteiger partial charge in [0.05, 0.1) is 6.61 Å². The number of aryl methyl sites for hydroxylation is 6. The number of benzene rings is 4. The van der Waals surface area contributed by atoms with Crippen molar-refractivity contribution in [2.75, 3.05) is 6.61 Å². The minimum Gasteiger partial charge on any atom is -0.494 e. The predicted octanol–water partition coefficient (Wildman–Crippen LogP) is 27.1. The number of nitrogens with zero attached hydrogens (tertiary/aromatic N) is 6. The second kappa shape index (κ2) is 41.1. The maximum Gasteiger partial charge on any atom is 0.341 e. The first-order chi connectivity index (χ1) is 47.6. The quantitative estimate of drug-likeness (QED) is 0.0222. The first-order valence-corrected chi connectivity index (χ1v) is 44.9. The van der Waals surface area contributed by atoms with Crippen molar-refractivity contribution in [3.05, 3.63) is 88.0 Å². The molecule has 9 nitrogen and oxygen atoms in total. The van der Waals surface area contributed by atoms with E-state index in [4.69, 9.17) is 67.9 Å². The van der Waals surface area contributed by atoms with Gasteiger partial charge >= 0.3 is 6.00 Å². The van der Waals surface area contributed by atoms with Crippen LogP contribution in [-0.2, 0) is 38.5 Å². The third-order valence-electron chi connectivity index (χ3n) is 20.7. The molecule has 4 aromatic carbocycles. The van der Waals surface area contributed by atoms with Crippen LogP contribution in [0, 0.1) is 0 Å². The molecule has 0 atom stereocenters. The third-order valence-corrected chi connectivity index (χ3v) is 23.3. The molecule has 2 N–H and O–H groups in total. The number of H-pyrrole nitrogens is 2.